The molecule has 1 amide bonds. The second-order valence-electron chi connectivity index (χ2n) is 6.73. The highest BCUT2D eigenvalue weighted by atomic mass is 16.5. The van der Waals surface area contributed by atoms with Crippen LogP contribution in [0.25, 0.3) is 0 Å². The Morgan fingerprint density at radius 3 is 2.78 bits per heavy atom. The van der Waals surface area contributed by atoms with Gasteiger partial charge in [0.05, 0.1) is 5.69 Å². The number of fused-ring (bicyclic) bond motifs is 1. The number of benzene rings is 1. The molecule has 1 heterocycles. The fourth-order valence-electron chi connectivity index (χ4n) is 4.43. The molecule has 2 aromatic rings. The van der Waals surface area contributed by atoms with Crippen molar-refractivity contribution in [1.29, 1.82) is 0 Å². The quantitative estimate of drug-likeness (QED) is 0.939. The Hall–Kier alpha value is -2.10. The van der Waals surface area contributed by atoms with Gasteiger partial charge in [-0.1, -0.05) is 48.8 Å². The molecule has 0 unspecified atom stereocenters. The van der Waals surface area contributed by atoms with E-state index in [-0.39, 0.29) is 11.9 Å². The summed E-state index contributed by atoms with van der Waals surface area (Å²) in [4.78, 5) is 12.5. The van der Waals surface area contributed by atoms with Gasteiger partial charge in [-0.05, 0) is 36.7 Å². The zero-order valence-electron chi connectivity index (χ0n) is 13.4. The Morgan fingerprint density at radius 1 is 1.26 bits per heavy atom. The van der Waals surface area contributed by atoms with Crippen molar-refractivity contribution in [3.63, 3.8) is 0 Å². The Balaban J connectivity index is 1.53. The van der Waals surface area contributed by atoms with E-state index in [1.165, 1.54) is 24.8 Å². The van der Waals surface area contributed by atoms with Crippen LogP contribution in [0.5, 0.6) is 0 Å². The van der Waals surface area contributed by atoms with E-state index in [0.717, 1.165) is 12.1 Å². The van der Waals surface area contributed by atoms with Gasteiger partial charge in [-0.25, -0.2) is 0 Å². The number of amides is 1. The van der Waals surface area contributed by atoms with Crippen molar-refractivity contribution in [3.8, 4) is 0 Å². The molecule has 120 valence electrons. The number of carbonyl (C=O) groups is 1. The molecular weight excluding hydrogens is 288 g/mol. The van der Waals surface area contributed by atoms with E-state index in [4.69, 9.17) is 4.52 Å². The van der Waals surface area contributed by atoms with E-state index >= 15 is 0 Å². The van der Waals surface area contributed by atoms with E-state index in [9.17, 15) is 4.79 Å². The minimum atomic E-state index is -0.131. The van der Waals surface area contributed by atoms with Crippen molar-refractivity contribution in [1.82, 2.24) is 10.5 Å². The van der Waals surface area contributed by atoms with Crippen molar-refractivity contribution in [2.45, 2.75) is 44.6 Å². The number of hydrogen-bond acceptors (Lipinski definition) is 3. The third-order valence-electron chi connectivity index (χ3n) is 5.56. The standard InChI is InChI=1S/C19H22N2O2/c1-2-13-11-16(23-21-13)19(22)20-18-15-10-6-9-14(15)17(18)12-7-4-3-5-8-12/h3-5,7-8,11,14-15,17-18H,2,6,9-10H2,1H3,(H,20,22)/t14-,15+,17+,18+/m0/s1. The number of rotatable bonds is 4. The lowest BCUT2D eigenvalue weighted by Crippen LogP contribution is -2.56. The van der Waals surface area contributed by atoms with E-state index < -0.39 is 0 Å². The lowest BCUT2D eigenvalue weighted by molar-refractivity contribution is 0.0662. The maximum atomic E-state index is 12.5. The highest BCUT2D eigenvalue weighted by molar-refractivity contribution is 5.91. The fraction of sp³-hybridized carbons (Fsp3) is 0.474. The molecule has 2 fully saturated rings. The van der Waals surface area contributed by atoms with E-state index in [2.05, 4.69) is 34.7 Å². The summed E-state index contributed by atoms with van der Waals surface area (Å²) in [6.45, 7) is 2.00. The molecule has 0 aliphatic heterocycles. The topological polar surface area (TPSA) is 55.1 Å². The van der Waals surface area contributed by atoms with Crippen LogP contribution in [0.1, 0.15) is 53.9 Å². The van der Waals surface area contributed by atoms with Gasteiger partial charge in [-0.2, -0.15) is 0 Å². The van der Waals surface area contributed by atoms with Crippen LogP contribution in [0.2, 0.25) is 0 Å². The highest BCUT2D eigenvalue weighted by Gasteiger charge is 2.53. The minimum absolute atomic E-state index is 0.131. The molecule has 2 aliphatic carbocycles. The first-order valence-corrected chi connectivity index (χ1v) is 8.59. The predicted octanol–water partition coefficient (Wildman–Crippen LogP) is 3.55. The predicted molar refractivity (Wildman–Crippen MR) is 87.1 cm³/mol. The Kier molecular flexibility index (Phi) is 3.68. The molecule has 2 saturated carbocycles. The molecule has 2 aliphatic rings. The molecule has 1 aromatic heterocycles. The summed E-state index contributed by atoms with van der Waals surface area (Å²) in [5.74, 6) is 1.95. The second-order valence-corrected chi connectivity index (χ2v) is 6.73. The number of nitrogens with zero attached hydrogens (tertiary/aromatic N) is 1. The zero-order chi connectivity index (χ0) is 15.8. The molecule has 4 nitrogen and oxygen atoms in total. The summed E-state index contributed by atoms with van der Waals surface area (Å²) in [5.41, 5.74) is 2.16. The van der Waals surface area contributed by atoms with Crippen LogP contribution in [0.15, 0.2) is 40.9 Å². The van der Waals surface area contributed by atoms with Crippen LogP contribution >= 0.6 is 0 Å². The minimum Gasteiger partial charge on any atom is -0.351 e. The van der Waals surface area contributed by atoms with Crippen LogP contribution in [0.3, 0.4) is 0 Å². The first-order chi connectivity index (χ1) is 11.3. The first-order valence-electron chi connectivity index (χ1n) is 8.59. The molecule has 0 saturated heterocycles. The third kappa shape index (κ3) is 2.46. The van der Waals surface area contributed by atoms with Crippen molar-refractivity contribution in [3.05, 3.63) is 53.4 Å². The molecule has 4 atom stereocenters. The van der Waals surface area contributed by atoms with Gasteiger partial charge in [0.2, 0.25) is 5.76 Å². The lowest BCUT2D eigenvalue weighted by atomic mass is 9.60. The van der Waals surface area contributed by atoms with Gasteiger partial charge in [-0.3, -0.25) is 4.79 Å². The molecule has 0 spiro atoms. The van der Waals surface area contributed by atoms with E-state index in [1.54, 1.807) is 6.07 Å². The van der Waals surface area contributed by atoms with E-state index in [1.807, 2.05) is 13.0 Å². The van der Waals surface area contributed by atoms with Gasteiger partial charge in [0, 0.05) is 18.0 Å². The lowest BCUT2D eigenvalue weighted by Gasteiger charge is -2.49. The molecular formula is C19H22N2O2. The van der Waals surface area contributed by atoms with Gasteiger partial charge < -0.3 is 9.84 Å². The van der Waals surface area contributed by atoms with Gasteiger partial charge in [-0.15, -0.1) is 0 Å². The smallest absolute Gasteiger partial charge is 0.290 e. The molecule has 4 rings (SSSR count). The number of carbonyl (C=O) groups excluding carboxylic acids is 1. The SMILES string of the molecule is CCc1cc(C(=O)N[C@@H]2[C@@H]3CCC[C@@H]3[C@H]2c2ccccc2)on1. The van der Waals surface area contributed by atoms with Gasteiger partial charge in [0.1, 0.15) is 0 Å². The summed E-state index contributed by atoms with van der Waals surface area (Å²) >= 11 is 0. The van der Waals surface area contributed by atoms with Crippen LogP contribution in [0, 0.1) is 11.8 Å². The average molecular weight is 310 g/mol. The molecule has 1 aromatic carbocycles. The van der Waals surface area contributed by atoms with Gasteiger partial charge >= 0.3 is 0 Å². The second kappa shape index (κ2) is 5.84. The summed E-state index contributed by atoms with van der Waals surface area (Å²) in [6.07, 6.45) is 4.54. The van der Waals surface area contributed by atoms with Crippen molar-refractivity contribution in [2.75, 3.05) is 0 Å². The van der Waals surface area contributed by atoms with Gasteiger partial charge in [0.25, 0.3) is 5.91 Å². The van der Waals surface area contributed by atoms with Crippen LogP contribution in [-0.4, -0.2) is 17.1 Å². The summed E-state index contributed by atoms with van der Waals surface area (Å²) in [6, 6.07) is 12.5. The number of aryl methyl sites for hydroxylation is 1. The monoisotopic (exact) mass is 310 g/mol. The van der Waals surface area contributed by atoms with Crippen LogP contribution in [-0.2, 0) is 6.42 Å². The molecule has 1 N–H and O–H groups in total. The van der Waals surface area contributed by atoms with Gasteiger partial charge in [0.15, 0.2) is 0 Å². The van der Waals surface area contributed by atoms with Crippen LogP contribution in [0.4, 0.5) is 0 Å². The normalized spacial score (nSPS) is 28.9. The Morgan fingerprint density at radius 2 is 2.04 bits per heavy atom. The van der Waals surface area contributed by atoms with Crippen molar-refractivity contribution in [2.24, 2.45) is 11.8 Å². The number of hydrogen-bond donors (Lipinski definition) is 1. The zero-order valence-corrected chi connectivity index (χ0v) is 13.4. The van der Waals surface area contributed by atoms with E-state index in [0.29, 0.717) is 23.5 Å². The fourth-order valence-corrected chi connectivity index (χ4v) is 4.43. The molecule has 0 bridgehead atoms. The van der Waals surface area contributed by atoms with Crippen molar-refractivity contribution >= 4 is 5.91 Å². The maximum Gasteiger partial charge on any atom is 0.290 e. The first kappa shape index (κ1) is 14.5. The molecule has 0 radical (unpaired) electrons. The molecule has 4 heteroatoms. The molecule has 23 heavy (non-hydrogen) atoms. The van der Waals surface area contributed by atoms with Crippen LogP contribution < -0.4 is 5.32 Å². The largest absolute Gasteiger partial charge is 0.351 e. The number of aromatic nitrogens is 1. The summed E-state index contributed by atoms with van der Waals surface area (Å²) in [5, 5.41) is 7.13. The third-order valence-corrected chi connectivity index (χ3v) is 5.56. The Bertz CT molecular complexity index is 694. The summed E-state index contributed by atoms with van der Waals surface area (Å²) in [7, 11) is 0. The maximum absolute atomic E-state index is 12.5. The summed E-state index contributed by atoms with van der Waals surface area (Å²) < 4.78 is 5.18. The Labute approximate surface area is 136 Å². The highest BCUT2D eigenvalue weighted by Crippen LogP contribution is 2.55. The van der Waals surface area contributed by atoms with Crippen molar-refractivity contribution < 1.29 is 9.32 Å². The average Bonchev–Trinajstić information content (AvgIpc) is 3.21. The number of nitrogens with one attached hydrogen (secondary N) is 1.